The molecule has 0 aliphatic heterocycles. The highest BCUT2D eigenvalue weighted by Crippen LogP contribution is 2.33. The molecule has 1 atom stereocenters. The number of nitro benzene ring substituents is 1. The number of hydrogen-bond donors (Lipinski definition) is 1. The molecule has 0 aliphatic rings. The van der Waals surface area contributed by atoms with Gasteiger partial charge in [-0.25, -0.2) is 0 Å². The van der Waals surface area contributed by atoms with Crippen molar-refractivity contribution in [3.8, 4) is 0 Å². The lowest BCUT2D eigenvalue weighted by molar-refractivity contribution is -0.384. The predicted octanol–water partition coefficient (Wildman–Crippen LogP) is 3.99. The lowest BCUT2D eigenvalue weighted by atomic mass is 10.1. The maximum Gasteiger partial charge on any atom is 0.407 e. The highest BCUT2D eigenvalue weighted by Gasteiger charge is 2.40. The normalized spacial score (nSPS) is 12.9. The Morgan fingerprint density at radius 3 is 2.14 bits per heavy atom. The van der Waals surface area contributed by atoms with E-state index in [2.05, 4.69) is 5.32 Å². The lowest BCUT2D eigenvalue weighted by Gasteiger charge is -2.22. The SMILES string of the molecule is O=[N+]([O-])c1ccc(C(NCc2ccccc2)C(F)(F)F)cc1. The number of nitro groups is 1. The van der Waals surface area contributed by atoms with Crippen molar-refractivity contribution >= 4 is 5.69 Å². The van der Waals surface area contributed by atoms with E-state index in [0.717, 1.165) is 29.8 Å². The van der Waals surface area contributed by atoms with E-state index in [1.165, 1.54) is 0 Å². The third kappa shape index (κ3) is 4.05. The summed E-state index contributed by atoms with van der Waals surface area (Å²) in [5.41, 5.74) is 0.417. The summed E-state index contributed by atoms with van der Waals surface area (Å²) >= 11 is 0. The average molecular weight is 310 g/mol. The second-order valence-corrected chi connectivity index (χ2v) is 4.69. The van der Waals surface area contributed by atoms with E-state index in [4.69, 9.17) is 0 Å². The number of rotatable bonds is 5. The highest BCUT2D eigenvalue weighted by molar-refractivity contribution is 5.34. The standard InChI is InChI=1S/C15H13F3N2O2/c16-15(17,18)14(19-10-11-4-2-1-3-5-11)12-6-8-13(9-7-12)20(21)22/h1-9,14,19H,10H2. The molecule has 0 saturated heterocycles. The zero-order chi connectivity index (χ0) is 16.2. The fourth-order valence-electron chi connectivity index (χ4n) is 2.03. The smallest absolute Gasteiger partial charge is 0.298 e. The maximum atomic E-state index is 13.2. The zero-order valence-corrected chi connectivity index (χ0v) is 11.4. The van der Waals surface area contributed by atoms with Gasteiger partial charge in [-0.15, -0.1) is 0 Å². The third-order valence-corrected chi connectivity index (χ3v) is 3.12. The molecule has 0 saturated carbocycles. The summed E-state index contributed by atoms with van der Waals surface area (Å²) in [6, 6.07) is 11.2. The average Bonchev–Trinajstić information content (AvgIpc) is 2.47. The monoisotopic (exact) mass is 310 g/mol. The zero-order valence-electron chi connectivity index (χ0n) is 11.4. The predicted molar refractivity (Wildman–Crippen MR) is 75.2 cm³/mol. The third-order valence-electron chi connectivity index (χ3n) is 3.12. The van der Waals surface area contributed by atoms with Gasteiger partial charge in [-0.2, -0.15) is 13.2 Å². The summed E-state index contributed by atoms with van der Waals surface area (Å²) in [5, 5.41) is 13.0. The summed E-state index contributed by atoms with van der Waals surface area (Å²) in [5.74, 6) is 0. The Bertz CT molecular complexity index is 627. The number of nitrogens with one attached hydrogen (secondary N) is 1. The van der Waals surface area contributed by atoms with Gasteiger partial charge >= 0.3 is 6.18 Å². The van der Waals surface area contributed by atoms with Crippen LogP contribution in [0.1, 0.15) is 17.2 Å². The van der Waals surface area contributed by atoms with Crippen LogP contribution >= 0.6 is 0 Å². The van der Waals surface area contributed by atoms with Crippen LogP contribution in [0.4, 0.5) is 18.9 Å². The first-order valence-corrected chi connectivity index (χ1v) is 6.46. The quantitative estimate of drug-likeness (QED) is 0.671. The van der Waals surface area contributed by atoms with Crippen LogP contribution in [0, 0.1) is 10.1 Å². The summed E-state index contributed by atoms with van der Waals surface area (Å²) in [6.45, 7) is 0.0437. The maximum absolute atomic E-state index is 13.2. The molecule has 0 spiro atoms. The number of halogens is 3. The first kappa shape index (κ1) is 16.0. The number of alkyl halides is 3. The van der Waals surface area contributed by atoms with E-state index in [0.29, 0.717) is 0 Å². The Morgan fingerprint density at radius 1 is 1.05 bits per heavy atom. The van der Waals surface area contributed by atoms with E-state index in [1.54, 1.807) is 30.3 Å². The van der Waals surface area contributed by atoms with Crippen molar-refractivity contribution in [2.24, 2.45) is 0 Å². The topological polar surface area (TPSA) is 55.2 Å². The first-order valence-electron chi connectivity index (χ1n) is 6.46. The van der Waals surface area contributed by atoms with Gasteiger partial charge in [0.25, 0.3) is 5.69 Å². The van der Waals surface area contributed by atoms with Gasteiger partial charge in [0.2, 0.25) is 0 Å². The minimum Gasteiger partial charge on any atom is -0.298 e. The number of non-ortho nitro benzene ring substituents is 1. The van der Waals surface area contributed by atoms with Crippen molar-refractivity contribution in [1.82, 2.24) is 5.32 Å². The molecule has 7 heteroatoms. The highest BCUT2D eigenvalue weighted by atomic mass is 19.4. The van der Waals surface area contributed by atoms with E-state index >= 15 is 0 Å². The van der Waals surface area contributed by atoms with Crippen molar-refractivity contribution in [1.29, 1.82) is 0 Å². The largest absolute Gasteiger partial charge is 0.407 e. The molecular weight excluding hydrogens is 297 g/mol. The Morgan fingerprint density at radius 2 is 1.64 bits per heavy atom. The summed E-state index contributed by atoms with van der Waals surface area (Å²) in [7, 11) is 0. The first-order chi connectivity index (χ1) is 10.4. The number of benzene rings is 2. The molecule has 2 rings (SSSR count). The van der Waals surface area contributed by atoms with Crippen molar-refractivity contribution < 1.29 is 18.1 Å². The van der Waals surface area contributed by atoms with Gasteiger partial charge in [-0.3, -0.25) is 15.4 Å². The number of hydrogen-bond acceptors (Lipinski definition) is 3. The van der Waals surface area contributed by atoms with Crippen LogP contribution in [-0.4, -0.2) is 11.1 Å². The van der Waals surface area contributed by atoms with E-state index in [9.17, 15) is 23.3 Å². The molecule has 0 radical (unpaired) electrons. The van der Waals surface area contributed by atoms with Gasteiger partial charge in [-0.1, -0.05) is 42.5 Å². The molecule has 0 fully saturated rings. The minimum atomic E-state index is -4.50. The van der Waals surface area contributed by atoms with Crippen molar-refractivity contribution in [2.45, 2.75) is 18.8 Å². The molecule has 0 aromatic heterocycles. The molecule has 0 bridgehead atoms. The summed E-state index contributed by atoms with van der Waals surface area (Å²) < 4.78 is 39.5. The molecule has 0 amide bonds. The Balaban J connectivity index is 2.17. The van der Waals surface area contributed by atoms with E-state index in [-0.39, 0.29) is 17.8 Å². The van der Waals surface area contributed by atoms with Gasteiger partial charge in [0.1, 0.15) is 6.04 Å². The Labute approximate surface area is 124 Å². The second-order valence-electron chi connectivity index (χ2n) is 4.69. The van der Waals surface area contributed by atoms with Crippen molar-refractivity contribution in [3.05, 3.63) is 75.8 Å². The molecule has 1 unspecified atom stereocenters. The number of nitrogens with zero attached hydrogens (tertiary/aromatic N) is 1. The van der Waals surface area contributed by atoms with Crippen LogP contribution in [0.15, 0.2) is 54.6 Å². The van der Waals surface area contributed by atoms with Gasteiger partial charge in [-0.05, 0) is 11.1 Å². The summed E-state index contributed by atoms with van der Waals surface area (Å²) in [4.78, 5) is 9.91. The molecule has 1 N–H and O–H groups in total. The molecule has 116 valence electrons. The Kier molecular flexibility index (Phi) is 4.77. The van der Waals surface area contributed by atoms with Crippen LogP contribution < -0.4 is 5.32 Å². The van der Waals surface area contributed by atoms with Crippen LogP contribution in [-0.2, 0) is 6.54 Å². The molecular formula is C15H13F3N2O2. The molecule has 2 aromatic rings. The minimum absolute atomic E-state index is 0.0437. The van der Waals surface area contributed by atoms with E-state index < -0.39 is 17.1 Å². The fourth-order valence-corrected chi connectivity index (χ4v) is 2.03. The second kappa shape index (κ2) is 6.57. The molecule has 2 aromatic carbocycles. The van der Waals surface area contributed by atoms with Gasteiger partial charge < -0.3 is 0 Å². The van der Waals surface area contributed by atoms with Crippen LogP contribution in [0.5, 0.6) is 0 Å². The molecule has 0 heterocycles. The van der Waals surface area contributed by atoms with Crippen LogP contribution in [0.2, 0.25) is 0 Å². The van der Waals surface area contributed by atoms with Gasteiger partial charge in [0.05, 0.1) is 4.92 Å². The van der Waals surface area contributed by atoms with Gasteiger partial charge in [0.15, 0.2) is 0 Å². The molecule has 0 aliphatic carbocycles. The van der Waals surface area contributed by atoms with Crippen LogP contribution in [0.3, 0.4) is 0 Å². The lowest BCUT2D eigenvalue weighted by Crippen LogP contribution is -2.33. The molecule has 4 nitrogen and oxygen atoms in total. The van der Waals surface area contributed by atoms with E-state index in [1.807, 2.05) is 0 Å². The van der Waals surface area contributed by atoms with Crippen molar-refractivity contribution in [2.75, 3.05) is 0 Å². The Hall–Kier alpha value is -2.41. The van der Waals surface area contributed by atoms with Gasteiger partial charge in [0, 0.05) is 18.7 Å². The molecule has 22 heavy (non-hydrogen) atoms. The van der Waals surface area contributed by atoms with Crippen molar-refractivity contribution in [3.63, 3.8) is 0 Å². The fraction of sp³-hybridized carbons (Fsp3) is 0.200. The summed E-state index contributed by atoms with van der Waals surface area (Å²) in [6.07, 6.45) is -4.50. The van der Waals surface area contributed by atoms with Crippen LogP contribution in [0.25, 0.3) is 0 Å².